The van der Waals surface area contributed by atoms with E-state index in [1.807, 2.05) is 19.1 Å². The van der Waals surface area contributed by atoms with Gasteiger partial charge in [-0.05, 0) is 48.4 Å². The van der Waals surface area contributed by atoms with E-state index in [0.29, 0.717) is 11.4 Å². The van der Waals surface area contributed by atoms with Crippen molar-refractivity contribution in [2.75, 3.05) is 12.8 Å². The molecule has 0 bridgehead atoms. The SMILES string of the molecule is CC[C@H](C(=O)NC)N(Cc1ccc(F)cc1)C(=O)CSc1ccc(Cl)cc1. The molecule has 0 aliphatic rings. The van der Waals surface area contributed by atoms with Crippen molar-refractivity contribution in [2.45, 2.75) is 30.8 Å². The fraction of sp³-hybridized carbons (Fsp3) is 0.300. The lowest BCUT2D eigenvalue weighted by Gasteiger charge is -2.30. The summed E-state index contributed by atoms with van der Waals surface area (Å²) >= 11 is 7.27. The number of halogens is 2. The van der Waals surface area contributed by atoms with Crippen LogP contribution in [0, 0.1) is 5.82 Å². The van der Waals surface area contributed by atoms with Crippen molar-refractivity contribution < 1.29 is 14.0 Å². The average molecular weight is 409 g/mol. The van der Waals surface area contributed by atoms with E-state index >= 15 is 0 Å². The van der Waals surface area contributed by atoms with Gasteiger partial charge >= 0.3 is 0 Å². The molecule has 0 saturated carbocycles. The second-order valence-corrected chi connectivity index (χ2v) is 7.41. The molecule has 2 aromatic rings. The van der Waals surface area contributed by atoms with Crippen LogP contribution in [0.2, 0.25) is 5.02 Å². The molecule has 0 aliphatic carbocycles. The van der Waals surface area contributed by atoms with E-state index < -0.39 is 6.04 Å². The number of benzene rings is 2. The minimum atomic E-state index is -0.585. The molecule has 0 fully saturated rings. The van der Waals surface area contributed by atoms with E-state index in [2.05, 4.69) is 5.32 Å². The Bertz CT molecular complexity index is 769. The zero-order chi connectivity index (χ0) is 19.8. The number of carbonyl (C=O) groups excluding carboxylic acids is 2. The monoisotopic (exact) mass is 408 g/mol. The highest BCUT2D eigenvalue weighted by molar-refractivity contribution is 8.00. The Morgan fingerprint density at radius 1 is 1.15 bits per heavy atom. The third-order valence-electron chi connectivity index (χ3n) is 4.07. The van der Waals surface area contributed by atoms with Gasteiger partial charge in [-0.1, -0.05) is 30.7 Å². The van der Waals surface area contributed by atoms with Crippen LogP contribution < -0.4 is 5.32 Å². The molecule has 0 unspecified atom stereocenters. The second kappa shape index (κ2) is 10.3. The summed E-state index contributed by atoms with van der Waals surface area (Å²) in [6, 6.07) is 12.6. The zero-order valence-electron chi connectivity index (χ0n) is 15.2. The largest absolute Gasteiger partial charge is 0.357 e. The van der Waals surface area contributed by atoms with E-state index in [9.17, 15) is 14.0 Å². The molecule has 144 valence electrons. The first kappa shape index (κ1) is 21.3. The first-order valence-corrected chi connectivity index (χ1v) is 9.94. The lowest BCUT2D eigenvalue weighted by atomic mass is 10.1. The summed E-state index contributed by atoms with van der Waals surface area (Å²) in [7, 11) is 1.55. The van der Waals surface area contributed by atoms with Gasteiger partial charge in [-0.3, -0.25) is 9.59 Å². The Labute approximate surface area is 168 Å². The topological polar surface area (TPSA) is 49.4 Å². The number of hydrogen-bond donors (Lipinski definition) is 1. The molecule has 0 heterocycles. The van der Waals surface area contributed by atoms with E-state index in [1.54, 1.807) is 36.2 Å². The number of nitrogens with zero attached hydrogens (tertiary/aromatic N) is 1. The molecule has 0 aromatic heterocycles. The van der Waals surface area contributed by atoms with Crippen molar-refractivity contribution >= 4 is 35.2 Å². The molecular weight excluding hydrogens is 387 g/mol. The van der Waals surface area contributed by atoms with Crippen LogP contribution in [0.1, 0.15) is 18.9 Å². The predicted molar refractivity (Wildman–Crippen MR) is 107 cm³/mol. The number of hydrogen-bond acceptors (Lipinski definition) is 3. The highest BCUT2D eigenvalue weighted by atomic mass is 35.5. The molecule has 2 amide bonds. The van der Waals surface area contributed by atoms with Crippen molar-refractivity contribution in [3.63, 3.8) is 0 Å². The van der Waals surface area contributed by atoms with Gasteiger partial charge in [0.2, 0.25) is 11.8 Å². The molecule has 0 spiro atoms. The molecule has 0 radical (unpaired) electrons. The van der Waals surface area contributed by atoms with E-state index in [4.69, 9.17) is 11.6 Å². The van der Waals surface area contributed by atoms with Crippen molar-refractivity contribution in [1.82, 2.24) is 10.2 Å². The van der Waals surface area contributed by atoms with Crippen LogP contribution >= 0.6 is 23.4 Å². The van der Waals surface area contributed by atoms with Gasteiger partial charge in [-0.25, -0.2) is 4.39 Å². The number of thioether (sulfide) groups is 1. The number of nitrogens with one attached hydrogen (secondary N) is 1. The van der Waals surface area contributed by atoms with Crippen molar-refractivity contribution in [3.8, 4) is 0 Å². The summed E-state index contributed by atoms with van der Waals surface area (Å²) in [4.78, 5) is 27.6. The fourth-order valence-electron chi connectivity index (χ4n) is 2.63. The summed E-state index contributed by atoms with van der Waals surface area (Å²) in [6.07, 6.45) is 0.484. The quantitative estimate of drug-likeness (QED) is 0.668. The maximum atomic E-state index is 13.2. The zero-order valence-corrected chi connectivity index (χ0v) is 16.8. The summed E-state index contributed by atoms with van der Waals surface area (Å²) in [5.74, 6) is -0.525. The predicted octanol–water partition coefficient (Wildman–Crippen LogP) is 4.12. The minimum absolute atomic E-state index is 0.158. The molecule has 0 aliphatic heterocycles. The normalized spacial score (nSPS) is 11.7. The molecule has 4 nitrogen and oxygen atoms in total. The van der Waals surface area contributed by atoms with E-state index in [0.717, 1.165) is 10.5 Å². The fourth-order valence-corrected chi connectivity index (χ4v) is 3.54. The van der Waals surface area contributed by atoms with Crippen LogP contribution in [0.5, 0.6) is 0 Å². The Kier molecular flexibility index (Phi) is 8.13. The highest BCUT2D eigenvalue weighted by Gasteiger charge is 2.27. The van der Waals surface area contributed by atoms with Gasteiger partial charge in [-0.2, -0.15) is 0 Å². The van der Waals surface area contributed by atoms with Gasteiger partial charge in [0, 0.05) is 23.5 Å². The standard InChI is InChI=1S/C20H22ClFN2O2S/c1-3-18(20(26)23-2)24(12-14-4-8-16(22)9-5-14)19(25)13-27-17-10-6-15(21)7-11-17/h4-11,18H,3,12-13H2,1-2H3,(H,23,26)/t18-/m1/s1. The maximum absolute atomic E-state index is 13.2. The number of carbonyl (C=O) groups is 2. The Balaban J connectivity index is 2.15. The molecule has 27 heavy (non-hydrogen) atoms. The molecular formula is C20H22ClFN2O2S. The highest BCUT2D eigenvalue weighted by Crippen LogP contribution is 2.22. The lowest BCUT2D eigenvalue weighted by Crippen LogP contribution is -2.48. The smallest absolute Gasteiger partial charge is 0.242 e. The van der Waals surface area contributed by atoms with Gasteiger partial charge in [-0.15, -0.1) is 11.8 Å². The van der Waals surface area contributed by atoms with E-state index in [-0.39, 0.29) is 29.9 Å². The van der Waals surface area contributed by atoms with E-state index in [1.165, 1.54) is 23.9 Å². The molecule has 0 saturated heterocycles. The van der Waals surface area contributed by atoms with Gasteiger partial charge in [0.05, 0.1) is 5.75 Å². The van der Waals surface area contributed by atoms with Crippen molar-refractivity contribution in [3.05, 3.63) is 64.9 Å². The third kappa shape index (κ3) is 6.26. The summed E-state index contributed by atoms with van der Waals surface area (Å²) in [5.41, 5.74) is 0.767. The average Bonchev–Trinajstić information content (AvgIpc) is 2.68. The molecule has 2 aromatic carbocycles. The van der Waals surface area contributed by atoms with Gasteiger partial charge in [0.1, 0.15) is 11.9 Å². The van der Waals surface area contributed by atoms with Crippen LogP contribution in [-0.2, 0) is 16.1 Å². The molecule has 1 N–H and O–H groups in total. The maximum Gasteiger partial charge on any atom is 0.242 e. The summed E-state index contributed by atoms with van der Waals surface area (Å²) < 4.78 is 13.2. The van der Waals surface area contributed by atoms with Crippen LogP contribution in [0.25, 0.3) is 0 Å². The lowest BCUT2D eigenvalue weighted by molar-refractivity contribution is -0.139. The Hall–Kier alpha value is -2.05. The minimum Gasteiger partial charge on any atom is -0.357 e. The molecule has 7 heteroatoms. The van der Waals surface area contributed by atoms with Gasteiger partial charge in [0.15, 0.2) is 0 Å². The Morgan fingerprint density at radius 2 is 1.78 bits per heavy atom. The van der Waals surface area contributed by atoms with Gasteiger partial charge in [0.25, 0.3) is 0 Å². The number of amides is 2. The van der Waals surface area contributed by atoms with Crippen LogP contribution in [-0.4, -0.2) is 35.6 Å². The van der Waals surface area contributed by atoms with Crippen molar-refractivity contribution in [2.24, 2.45) is 0 Å². The van der Waals surface area contributed by atoms with Crippen LogP contribution in [0.15, 0.2) is 53.4 Å². The first-order chi connectivity index (χ1) is 12.9. The molecule has 2 rings (SSSR count). The second-order valence-electron chi connectivity index (χ2n) is 5.93. The Morgan fingerprint density at radius 3 is 2.33 bits per heavy atom. The number of likely N-dealkylation sites (N-methyl/N-ethyl adjacent to an activating group) is 1. The van der Waals surface area contributed by atoms with Crippen molar-refractivity contribution in [1.29, 1.82) is 0 Å². The van der Waals surface area contributed by atoms with Crippen LogP contribution in [0.3, 0.4) is 0 Å². The van der Waals surface area contributed by atoms with Gasteiger partial charge < -0.3 is 10.2 Å². The summed E-state index contributed by atoms with van der Waals surface area (Å²) in [5, 5.41) is 3.25. The third-order valence-corrected chi connectivity index (χ3v) is 5.32. The molecule has 1 atom stereocenters. The summed E-state index contributed by atoms with van der Waals surface area (Å²) in [6.45, 7) is 2.10. The first-order valence-electron chi connectivity index (χ1n) is 8.58. The van der Waals surface area contributed by atoms with Crippen LogP contribution in [0.4, 0.5) is 4.39 Å². The number of rotatable bonds is 8.